The van der Waals surface area contributed by atoms with Gasteiger partial charge in [-0.25, -0.2) is 0 Å². The van der Waals surface area contributed by atoms with Crippen LogP contribution in [0.25, 0.3) is 0 Å². The van der Waals surface area contributed by atoms with Crippen molar-refractivity contribution in [1.29, 1.82) is 0 Å². The molecule has 0 bridgehead atoms. The molecule has 0 aromatic heterocycles. The largest absolute Gasteiger partial charge is 0.501 e. The third kappa shape index (κ3) is 2.92. The number of allylic oxidation sites excluding steroid dienone is 2. The zero-order chi connectivity index (χ0) is 9.56. The van der Waals surface area contributed by atoms with Gasteiger partial charge in [-0.15, -0.1) is 0 Å². The average Bonchev–Trinajstić information content (AvgIpc) is 2.12. The van der Waals surface area contributed by atoms with Gasteiger partial charge in [0.2, 0.25) is 0 Å². The lowest BCUT2D eigenvalue weighted by molar-refractivity contribution is 0.270. The van der Waals surface area contributed by atoms with E-state index in [0.29, 0.717) is 12.2 Å². The van der Waals surface area contributed by atoms with Crippen molar-refractivity contribution in [3.8, 4) is 0 Å². The van der Waals surface area contributed by atoms with Gasteiger partial charge in [0.25, 0.3) is 0 Å². The van der Waals surface area contributed by atoms with Crippen molar-refractivity contribution in [2.45, 2.75) is 39.9 Å². The molecule has 0 rings (SSSR count). The molecular formula is C10H19BO. The van der Waals surface area contributed by atoms with Gasteiger partial charge in [0, 0.05) is 6.42 Å². The first-order valence-electron chi connectivity index (χ1n) is 4.67. The summed E-state index contributed by atoms with van der Waals surface area (Å²) in [4.78, 5) is 0. The Kier molecular flexibility index (Phi) is 5.95. The lowest BCUT2D eigenvalue weighted by Crippen LogP contribution is -2.03. The minimum Gasteiger partial charge on any atom is -0.501 e. The van der Waals surface area contributed by atoms with Crippen LogP contribution in [0.3, 0.4) is 0 Å². The van der Waals surface area contributed by atoms with Crippen LogP contribution in [0.1, 0.15) is 33.6 Å². The lowest BCUT2D eigenvalue weighted by atomic mass is 9.85. The molecule has 0 spiro atoms. The first-order valence-corrected chi connectivity index (χ1v) is 4.67. The van der Waals surface area contributed by atoms with E-state index in [0.717, 1.165) is 18.6 Å². The first-order chi connectivity index (χ1) is 5.71. The number of hydrogen-bond acceptors (Lipinski definition) is 1. The summed E-state index contributed by atoms with van der Waals surface area (Å²) in [6, 6.07) is 0. The Balaban J connectivity index is 4.56. The summed E-state index contributed by atoms with van der Waals surface area (Å²) in [5, 5.41) is 0. The second-order valence-corrected chi connectivity index (χ2v) is 3.02. The Morgan fingerprint density at radius 2 is 2.00 bits per heavy atom. The molecule has 0 heterocycles. The fourth-order valence-corrected chi connectivity index (χ4v) is 1.34. The summed E-state index contributed by atoms with van der Waals surface area (Å²) in [7, 11) is 7.38. The van der Waals surface area contributed by atoms with Gasteiger partial charge >= 0.3 is 0 Å². The minimum atomic E-state index is 0.546. The maximum Gasteiger partial charge on any atom is 0.0939 e. The molecule has 0 saturated carbocycles. The standard InChI is InChI=1S/C10H19BO/c1-5-8(3)9(7-11)10(6-2)12-4/h8H,5-7H2,1-4H3. The fraction of sp³-hybridized carbons (Fsp3) is 0.800. The summed E-state index contributed by atoms with van der Waals surface area (Å²) in [5.74, 6) is 1.61. The normalized spacial score (nSPS) is 15.3. The SMILES string of the molecule is [B]CC(=C(CC)OC)C(C)CC. The van der Waals surface area contributed by atoms with Crippen molar-refractivity contribution in [2.75, 3.05) is 7.11 Å². The van der Waals surface area contributed by atoms with Crippen molar-refractivity contribution >= 4 is 7.85 Å². The van der Waals surface area contributed by atoms with Crippen molar-refractivity contribution in [1.82, 2.24) is 0 Å². The van der Waals surface area contributed by atoms with Crippen LogP contribution in [0.15, 0.2) is 11.3 Å². The van der Waals surface area contributed by atoms with E-state index in [1.165, 1.54) is 5.57 Å². The monoisotopic (exact) mass is 166 g/mol. The number of hydrogen-bond donors (Lipinski definition) is 0. The van der Waals surface area contributed by atoms with E-state index in [1.54, 1.807) is 7.11 Å². The van der Waals surface area contributed by atoms with Crippen LogP contribution in [0.4, 0.5) is 0 Å². The van der Waals surface area contributed by atoms with Gasteiger partial charge in [0.15, 0.2) is 0 Å². The molecule has 0 aromatic rings. The Labute approximate surface area is 77.6 Å². The second kappa shape index (κ2) is 6.16. The van der Waals surface area contributed by atoms with E-state index in [1.807, 2.05) is 0 Å². The van der Waals surface area contributed by atoms with Crippen LogP contribution in [0.2, 0.25) is 6.32 Å². The van der Waals surface area contributed by atoms with Crippen LogP contribution in [-0.4, -0.2) is 15.0 Å². The quantitative estimate of drug-likeness (QED) is 0.450. The molecule has 1 nitrogen and oxygen atoms in total. The highest BCUT2D eigenvalue weighted by Crippen LogP contribution is 2.23. The van der Waals surface area contributed by atoms with E-state index in [9.17, 15) is 0 Å². The topological polar surface area (TPSA) is 9.23 Å². The van der Waals surface area contributed by atoms with Crippen LogP contribution in [-0.2, 0) is 4.74 Å². The molecule has 0 aliphatic heterocycles. The van der Waals surface area contributed by atoms with Crippen molar-refractivity contribution in [3.05, 3.63) is 11.3 Å². The Bertz CT molecular complexity index is 146. The molecule has 2 heteroatoms. The molecule has 12 heavy (non-hydrogen) atoms. The molecular weight excluding hydrogens is 147 g/mol. The Morgan fingerprint density at radius 3 is 2.25 bits per heavy atom. The summed E-state index contributed by atoms with van der Waals surface area (Å²) >= 11 is 0. The third-order valence-electron chi connectivity index (χ3n) is 2.35. The van der Waals surface area contributed by atoms with Crippen LogP contribution in [0, 0.1) is 5.92 Å². The number of methoxy groups -OCH3 is 1. The molecule has 2 radical (unpaired) electrons. The van der Waals surface area contributed by atoms with Crippen molar-refractivity contribution in [2.24, 2.45) is 5.92 Å². The van der Waals surface area contributed by atoms with Crippen molar-refractivity contribution < 1.29 is 4.74 Å². The van der Waals surface area contributed by atoms with Crippen LogP contribution < -0.4 is 0 Å². The minimum absolute atomic E-state index is 0.546. The summed E-state index contributed by atoms with van der Waals surface area (Å²) in [5.41, 5.74) is 1.27. The Morgan fingerprint density at radius 1 is 1.42 bits per heavy atom. The first kappa shape index (κ1) is 11.6. The van der Waals surface area contributed by atoms with Gasteiger partial charge in [0.1, 0.15) is 0 Å². The van der Waals surface area contributed by atoms with Gasteiger partial charge in [-0.05, 0) is 17.9 Å². The highest BCUT2D eigenvalue weighted by atomic mass is 16.5. The van der Waals surface area contributed by atoms with Gasteiger partial charge in [0.05, 0.1) is 20.7 Å². The molecule has 0 N–H and O–H groups in total. The maximum absolute atomic E-state index is 5.66. The highest BCUT2D eigenvalue weighted by molar-refractivity contribution is 6.10. The Hall–Kier alpha value is -0.395. The number of rotatable bonds is 5. The molecule has 0 saturated heterocycles. The molecule has 0 amide bonds. The fourth-order valence-electron chi connectivity index (χ4n) is 1.34. The molecule has 68 valence electrons. The third-order valence-corrected chi connectivity index (χ3v) is 2.35. The van der Waals surface area contributed by atoms with E-state index in [2.05, 4.69) is 20.8 Å². The summed E-state index contributed by atoms with van der Waals surface area (Å²) in [6.07, 6.45) is 2.68. The molecule has 0 aromatic carbocycles. The van der Waals surface area contributed by atoms with Crippen molar-refractivity contribution in [3.63, 3.8) is 0 Å². The van der Waals surface area contributed by atoms with Crippen LogP contribution >= 0.6 is 0 Å². The molecule has 0 aliphatic rings. The van der Waals surface area contributed by atoms with E-state index >= 15 is 0 Å². The molecule has 0 aliphatic carbocycles. The predicted molar refractivity (Wildman–Crippen MR) is 54.3 cm³/mol. The molecule has 0 fully saturated rings. The predicted octanol–water partition coefficient (Wildman–Crippen LogP) is 2.93. The maximum atomic E-state index is 5.66. The van der Waals surface area contributed by atoms with E-state index in [4.69, 9.17) is 12.6 Å². The molecule has 1 atom stereocenters. The van der Waals surface area contributed by atoms with E-state index < -0.39 is 0 Å². The summed E-state index contributed by atoms with van der Waals surface area (Å²) in [6.45, 7) is 6.46. The van der Waals surface area contributed by atoms with Gasteiger partial charge in [-0.1, -0.05) is 27.1 Å². The lowest BCUT2D eigenvalue weighted by Gasteiger charge is -2.17. The van der Waals surface area contributed by atoms with Gasteiger partial charge < -0.3 is 4.74 Å². The smallest absolute Gasteiger partial charge is 0.0939 e. The van der Waals surface area contributed by atoms with Gasteiger partial charge in [-0.3, -0.25) is 0 Å². The zero-order valence-corrected chi connectivity index (χ0v) is 8.68. The molecule has 1 unspecified atom stereocenters. The highest BCUT2D eigenvalue weighted by Gasteiger charge is 2.09. The van der Waals surface area contributed by atoms with E-state index in [-0.39, 0.29) is 0 Å². The average molecular weight is 166 g/mol. The van der Waals surface area contributed by atoms with Gasteiger partial charge in [-0.2, -0.15) is 0 Å². The zero-order valence-electron chi connectivity index (χ0n) is 8.68. The van der Waals surface area contributed by atoms with Crippen LogP contribution in [0.5, 0.6) is 0 Å². The summed E-state index contributed by atoms with van der Waals surface area (Å²) < 4.78 is 5.28. The second-order valence-electron chi connectivity index (χ2n) is 3.02. The number of ether oxygens (including phenoxy) is 1.